The lowest BCUT2D eigenvalue weighted by Gasteiger charge is -2.07. The van der Waals surface area contributed by atoms with Crippen molar-refractivity contribution in [3.8, 4) is 0 Å². The van der Waals surface area contributed by atoms with Crippen molar-refractivity contribution in [3.05, 3.63) is 23.3 Å². The minimum Gasteiger partial charge on any atom is -0.171 e. The van der Waals surface area contributed by atoms with E-state index in [1.807, 2.05) is 0 Å². The first kappa shape index (κ1) is 10.8. The molecule has 0 aliphatic rings. The minimum atomic E-state index is 0.398. The molecule has 0 nitrogen and oxygen atoms in total. The third-order valence-corrected chi connectivity index (χ3v) is 2.35. The fourth-order valence-electron chi connectivity index (χ4n) is 0.726. The predicted octanol–water partition coefficient (Wildman–Crippen LogP) is 3.61. The Morgan fingerprint density at radius 3 is 2.27 bits per heavy atom. The van der Waals surface area contributed by atoms with Crippen LogP contribution in [0.1, 0.15) is 34.1 Å². The maximum absolute atomic E-state index is 4.47. The molecule has 1 unspecified atom stereocenters. The van der Waals surface area contributed by atoms with Gasteiger partial charge < -0.3 is 0 Å². The molecule has 0 radical (unpaired) electrons. The molecule has 0 saturated heterocycles. The van der Waals surface area contributed by atoms with E-state index >= 15 is 0 Å². The van der Waals surface area contributed by atoms with Gasteiger partial charge in [0, 0.05) is 5.25 Å². The molecule has 0 rings (SSSR count). The summed E-state index contributed by atoms with van der Waals surface area (Å²) in [5.74, 6) is 0. The lowest BCUT2D eigenvalue weighted by molar-refractivity contribution is 0.991. The van der Waals surface area contributed by atoms with Crippen LogP contribution in [0.3, 0.4) is 0 Å². The van der Waals surface area contributed by atoms with Gasteiger partial charge in [-0.1, -0.05) is 23.3 Å². The third kappa shape index (κ3) is 5.14. The van der Waals surface area contributed by atoms with Gasteiger partial charge in [-0.3, -0.25) is 0 Å². The van der Waals surface area contributed by atoms with Crippen molar-refractivity contribution in [2.45, 2.75) is 39.4 Å². The molecule has 0 aromatic rings. The van der Waals surface area contributed by atoms with E-state index in [2.05, 4.69) is 52.5 Å². The summed E-state index contributed by atoms with van der Waals surface area (Å²) in [6.07, 6.45) is 5.39. The van der Waals surface area contributed by atoms with Gasteiger partial charge in [-0.2, -0.15) is 12.6 Å². The molecule has 64 valence electrons. The Bertz CT molecular complexity index is 162. The molecule has 0 amide bonds. The van der Waals surface area contributed by atoms with Gasteiger partial charge in [0.15, 0.2) is 0 Å². The van der Waals surface area contributed by atoms with E-state index in [9.17, 15) is 0 Å². The van der Waals surface area contributed by atoms with Crippen molar-refractivity contribution >= 4 is 12.6 Å². The number of thiol groups is 1. The van der Waals surface area contributed by atoms with E-state index in [-0.39, 0.29) is 0 Å². The van der Waals surface area contributed by atoms with Crippen molar-refractivity contribution in [2.24, 2.45) is 0 Å². The number of hydrogen-bond acceptors (Lipinski definition) is 1. The second-order valence-corrected chi connectivity index (χ2v) is 3.69. The van der Waals surface area contributed by atoms with Crippen LogP contribution in [0.5, 0.6) is 0 Å². The average molecular weight is 170 g/mol. The van der Waals surface area contributed by atoms with Gasteiger partial charge in [-0.15, -0.1) is 0 Å². The van der Waals surface area contributed by atoms with Gasteiger partial charge in [-0.05, 0) is 34.1 Å². The first-order valence-electron chi connectivity index (χ1n) is 4.02. The smallest absolute Gasteiger partial charge is 0.0257 e. The van der Waals surface area contributed by atoms with Crippen LogP contribution in [-0.2, 0) is 0 Å². The Morgan fingerprint density at radius 2 is 1.91 bits per heavy atom. The molecule has 0 saturated carbocycles. The summed E-state index contributed by atoms with van der Waals surface area (Å²) in [7, 11) is 0. The van der Waals surface area contributed by atoms with Gasteiger partial charge in [0.05, 0.1) is 0 Å². The van der Waals surface area contributed by atoms with E-state index in [1.165, 1.54) is 11.1 Å². The topological polar surface area (TPSA) is 0 Å². The summed E-state index contributed by atoms with van der Waals surface area (Å²) in [5.41, 5.74) is 2.72. The maximum atomic E-state index is 4.47. The molecular weight excluding hydrogens is 152 g/mol. The normalized spacial score (nSPS) is 14.5. The Hall–Kier alpha value is -0.170. The molecular formula is C10H18S. The molecule has 11 heavy (non-hydrogen) atoms. The summed E-state index contributed by atoms with van der Waals surface area (Å²) in [6, 6.07) is 0. The predicted molar refractivity (Wildman–Crippen MR) is 56.3 cm³/mol. The standard InChI is InChI=1S/C10H18S/c1-5-9(4)10(11)7-6-8(2)3/h5-6,10-11H,7H2,1-4H3. The summed E-state index contributed by atoms with van der Waals surface area (Å²) in [6.45, 7) is 8.41. The Labute approximate surface area is 75.8 Å². The summed E-state index contributed by atoms with van der Waals surface area (Å²) >= 11 is 4.47. The Morgan fingerprint density at radius 1 is 1.36 bits per heavy atom. The van der Waals surface area contributed by atoms with Crippen LogP contribution >= 0.6 is 12.6 Å². The second kappa shape index (κ2) is 5.48. The van der Waals surface area contributed by atoms with Crippen LogP contribution in [0.2, 0.25) is 0 Å². The molecule has 0 aromatic carbocycles. The van der Waals surface area contributed by atoms with Crippen LogP contribution in [0, 0.1) is 0 Å². The molecule has 0 heterocycles. The highest BCUT2D eigenvalue weighted by Crippen LogP contribution is 2.13. The van der Waals surface area contributed by atoms with E-state index < -0.39 is 0 Å². The van der Waals surface area contributed by atoms with Crippen LogP contribution in [0.15, 0.2) is 23.3 Å². The molecule has 0 fully saturated rings. The van der Waals surface area contributed by atoms with Gasteiger partial charge in [-0.25, -0.2) is 0 Å². The largest absolute Gasteiger partial charge is 0.171 e. The molecule has 0 spiro atoms. The summed E-state index contributed by atoms with van der Waals surface area (Å²) in [5, 5.41) is 0.398. The first-order valence-corrected chi connectivity index (χ1v) is 4.53. The zero-order chi connectivity index (χ0) is 8.85. The average Bonchev–Trinajstić information content (AvgIpc) is 1.98. The lowest BCUT2D eigenvalue weighted by Crippen LogP contribution is -1.97. The van der Waals surface area contributed by atoms with E-state index in [0.717, 1.165) is 6.42 Å². The van der Waals surface area contributed by atoms with Crippen LogP contribution in [0.25, 0.3) is 0 Å². The Kier molecular flexibility index (Phi) is 5.39. The van der Waals surface area contributed by atoms with Crippen molar-refractivity contribution in [3.63, 3.8) is 0 Å². The number of allylic oxidation sites excluding steroid dienone is 3. The zero-order valence-electron chi connectivity index (χ0n) is 7.89. The third-order valence-electron chi connectivity index (χ3n) is 1.73. The molecule has 0 aliphatic carbocycles. The van der Waals surface area contributed by atoms with Gasteiger partial charge >= 0.3 is 0 Å². The molecule has 0 aliphatic heterocycles. The van der Waals surface area contributed by atoms with Gasteiger partial charge in [0.25, 0.3) is 0 Å². The quantitative estimate of drug-likeness (QED) is 0.485. The fraction of sp³-hybridized carbons (Fsp3) is 0.600. The van der Waals surface area contributed by atoms with Crippen LogP contribution < -0.4 is 0 Å². The monoisotopic (exact) mass is 170 g/mol. The van der Waals surface area contributed by atoms with Crippen molar-refractivity contribution in [2.75, 3.05) is 0 Å². The number of hydrogen-bond donors (Lipinski definition) is 1. The van der Waals surface area contributed by atoms with E-state index in [0.29, 0.717) is 5.25 Å². The van der Waals surface area contributed by atoms with Crippen molar-refractivity contribution in [1.82, 2.24) is 0 Å². The van der Waals surface area contributed by atoms with Crippen molar-refractivity contribution in [1.29, 1.82) is 0 Å². The Balaban J connectivity index is 3.88. The maximum Gasteiger partial charge on any atom is 0.0257 e. The van der Waals surface area contributed by atoms with Crippen LogP contribution in [-0.4, -0.2) is 5.25 Å². The van der Waals surface area contributed by atoms with Gasteiger partial charge in [0.1, 0.15) is 0 Å². The van der Waals surface area contributed by atoms with Crippen LogP contribution in [0.4, 0.5) is 0 Å². The highest BCUT2D eigenvalue weighted by Gasteiger charge is 2.00. The lowest BCUT2D eigenvalue weighted by atomic mass is 10.1. The molecule has 1 heteroatoms. The second-order valence-electron chi connectivity index (χ2n) is 3.07. The number of rotatable bonds is 3. The van der Waals surface area contributed by atoms with E-state index in [4.69, 9.17) is 0 Å². The SMILES string of the molecule is CC=C(C)C(S)CC=C(C)C. The molecule has 0 aromatic heterocycles. The van der Waals surface area contributed by atoms with Gasteiger partial charge in [0.2, 0.25) is 0 Å². The minimum absolute atomic E-state index is 0.398. The highest BCUT2D eigenvalue weighted by molar-refractivity contribution is 7.81. The molecule has 1 atom stereocenters. The first-order chi connectivity index (χ1) is 5.07. The summed E-state index contributed by atoms with van der Waals surface area (Å²) < 4.78 is 0. The summed E-state index contributed by atoms with van der Waals surface area (Å²) in [4.78, 5) is 0. The fourth-order valence-corrected chi connectivity index (χ4v) is 0.980. The highest BCUT2D eigenvalue weighted by atomic mass is 32.1. The van der Waals surface area contributed by atoms with E-state index in [1.54, 1.807) is 0 Å². The molecule has 0 bridgehead atoms. The van der Waals surface area contributed by atoms with Crippen molar-refractivity contribution < 1.29 is 0 Å². The zero-order valence-corrected chi connectivity index (χ0v) is 8.78. The molecule has 0 N–H and O–H groups in total.